The fraction of sp³-hybridized carbons (Fsp3) is 0.462. The van der Waals surface area contributed by atoms with Gasteiger partial charge in [-0.2, -0.15) is 0 Å². The van der Waals surface area contributed by atoms with E-state index >= 15 is 0 Å². The van der Waals surface area contributed by atoms with Gasteiger partial charge >= 0.3 is 0 Å². The van der Waals surface area contributed by atoms with Crippen LogP contribution in [0.2, 0.25) is 0 Å². The number of nitrogens with zero attached hydrogens (tertiary/aromatic N) is 1. The molecule has 5 heteroatoms. The van der Waals surface area contributed by atoms with Gasteiger partial charge in [0, 0.05) is 43.6 Å². The lowest BCUT2D eigenvalue weighted by Crippen LogP contribution is -2.49. The summed E-state index contributed by atoms with van der Waals surface area (Å²) in [6, 6.07) is 16.6. The number of alkyl halides is 1. The van der Waals surface area contributed by atoms with Crippen LogP contribution in [0, 0.1) is 11.8 Å². The number of allylic oxidation sites excluding steroid dienone is 1. The van der Waals surface area contributed by atoms with Crippen molar-refractivity contribution in [3.63, 3.8) is 0 Å². The summed E-state index contributed by atoms with van der Waals surface area (Å²) in [5, 5.41) is 0. The first-order valence-electron chi connectivity index (χ1n) is 11.3. The molecule has 2 saturated heterocycles. The maximum Gasteiger partial charge on any atom is 0.146 e. The molecule has 0 radical (unpaired) electrons. The van der Waals surface area contributed by atoms with Crippen LogP contribution in [0.4, 0.5) is 4.39 Å². The summed E-state index contributed by atoms with van der Waals surface area (Å²) in [6.07, 6.45) is 0.935. The Labute approximate surface area is 183 Å². The third-order valence-corrected chi connectivity index (χ3v) is 6.73. The Hall–Kier alpha value is -2.37. The molecular weight excluding hydrogens is 393 g/mol. The Kier molecular flexibility index (Phi) is 5.97. The van der Waals surface area contributed by atoms with Gasteiger partial charge in [-0.05, 0) is 48.3 Å². The van der Waals surface area contributed by atoms with Gasteiger partial charge in [0.25, 0.3) is 0 Å². The maximum absolute atomic E-state index is 12.5. The Balaban J connectivity index is 1.30. The molecule has 2 unspecified atom stereocenters. The van der Waals surface area contributed by atoms with E-state index in [-0.39, 0.29) is 18.7 Å². The van der Waals surface area contributed by atoms with Crippen LogP contribution in [0.15, 0.2) is 54.1 Å². The lowest BCUT2D eigenvalue weighted by atomic mass is 9.82. The van der Waals surface area contributed by atoms with Crippen molar-refractivity contribution in [3.8, 4) is 11.5 Å². The van der Waals surface area contributed by atoms with Crippen molar-refractivity contribution in [2.75, 3.05) is 46.1 Å². The van der Waals surface area contributed by atoms with E-state index in [9.17, 15) is 4.39 Å². The zero-order valence-corrected chi connectivity index (χ0v) is 18.1. The second kappa shape index (κ2) is 9.01. The number of fused-ring (bicyclic) bond motifs is 1. The quantitative estimate of drug-likeness (QED) is 0.633. The minimum absolute atomic E-state index is 0.102. The fourth-order valence-corrected chi connectivity index (χ4v) is 4.96. The predicted molar refractivity (Wildman–Crippen MR) is 119 cm³/mol. The first-order chi connectivity index (χ1) is 15.2. The van der Waals surface area contributed by atoms with Crippen molar-refractivity contribution in [2.24, 2.45) is 11.8 Å². The first kappa shape index (κ1) is 20.5. The summed E-state index contributed by atoms with van der Waals surface area (Å²) >= 11 is 0. The number of ether oxygens (including phenoxy) is 3. The van der Waals surface area contributed by atoms with Crippen molar-refractivity contribution in [2.45, 2.75) is 19.4 Å². The molecular formula is C26H30FNO3. The molecule has 164 valence electrons. The number of para-hydroxylation sites is 1. The van der Waals surface area contributed by atoms with E-state index < -0.39 is 0 Å². The second-order valence-electron chi connectivity index (χ2n) is 8.83. The van der Waals surface area contributed by atoms with Crippen molar-refractivity contribution in [3.05, 3.63) is 65.2 Å². The van der Waals surface area contributed by atoms with Crippen molar-refractivity contribution < 1.29 is 18.6 Å². The summed E-state index contributed by atoms with van der Waals surface area (Å²) in [5.41, 5.74) is 4.96. The zero-order chi connectivity index (χ0) is 21.2. The van der Waals surface area contributed by atoms with Gasteiger partial charge < -0.3 is 14.2 Å². The van der Waals surface area contributed by atoms with Crippen LogP contribution < -0.4 is 9.47 Å². The van der Waals surface area contributed by atoms with E-state index in [4.69, 9.17) is 14.2 Å². The second-order valence-corrected chi connectivity index (χ2v) is 8.83. The molecule has 3 heterocycles. The Morgan fingerprint density at radius 1 is 1.10 bits per heavy atom. The number of benzene rings is 2. The van der Waals surface area contributed by atoms with Crippen LogP contribution in [0.25, 0.3) is 5.57 Å². The van der Waals surface area contributed by atoms with Crippen LogP contribution in [0.1, 0.15) is 30.6 Å². The Morgan fingerprint density at radius 2 is 1.90 bits per heavy atom. The molecule has 0 aromatic heterocycles. The smallest absolute Gasteiger partial charge is 0.146 e. The largest absolute Gasteiger partial charge is 0.492 e. The summed E-state index contributed by atoms with van der Waals surface area (Å²) < 4.78 is 30.7. The van der Waals surface area contributed by atoms with Crippen LogP contribution in [-0.4, -0.2) is 51.0 Å². The van der Waals surface area contributed by atoms with E-state index in [0.29, 0.717) is 12.5 Å². The van der Waals surface area contributed by atoms with Gasteiger partial charge in [-0.3, -0.25) is 9.29 Å². The monoisotopic (exact) mass is 423 g/mol. The number of likely N-dealkylation sites (tertiary alicyclic amines) is 1. The standard InChI is InChI=1S/C26H30FNO3/c1-18-23-4-2-3-5-24(23)31-26(25(18)21-10-12-29-17-21)20-6-8-22(9-7-20)30-13-11-28-15-19(14-27)16-28/h2-9,19,21,26H,10-17H2,1H3. The third kappa shape index (κ3) is 4.21. The Morgan fingerprint density at radius 3 is 2.65 bits per heavy atom. The minimum Gasteiger partial charge on any atom is -0.492 e. The SMILES string of the molecule is CC1=C(C2CCOC2)C(c2ccc(OCCN3CC(CF)C3)cc2)Oc2ccccc21. The maximum atomic E-state index is 12.5. The molecule has 5 rings (SSSR count). The minimum atomic E-state index is -0.213. The topological polar surface area (TPSA) is 30.9 Å². The highest BCUT2D eigenvalue weighted by Crippen LogP contribution is 2.46. The molecule has 0 amide bonds. The van der Waals surface area contributed by atoms with E-state index in [0.717, 1.165) is 56.3 Å². The number of hydrogen-bond acceptors (Lipinski definition) is 4. The van der Waals surface area contributed by atoms with Gasteiger partial charge in [-0.1, -0.05) is 30.3 Å². The lowest BCUT2D eigenvalue weighted by molar-refractivity contribution is 0.0668. The molecule has 31 heavy (non-hydrogen) atoms. The van der Waals surface area contributed by atoms with E-state index in [1.54, 1.807) is 0 Å². The molecule has 2 atom stereocenters. The molecule has 2 fully saturated rings. The van der Waals surface area contributed by atoms with Gasteiger partial charge in [0.2, 0.25) is 0 Å². The molecule has 0 bridgehead atoms. The van der Waals surface area contributed by atoms with Gasteiger partial charge in [-0.15, -0.1) is 0 Å². The lowest BCUT2D eigenvalue weighted by Gasteiger charge is -2.37. The number of halogens is 1. The van der Waals surface area contributed by atoms with Gasteiger partial charge in [0.1, 0.15) is 24.2 Å². The van der Waals surface area contributed by atoms with Crippen molar-refractivity contribution in [1.29, 1.82) is 0 Å². The Bertz CT molecular complexity index is 930. The number of rotatable bonds is 7. The van der Waals surface area contributed by atoms with Crippen molar-refractivity contribution >= 4 is 5.57 Å². The summed E-state index contributed by atoms with van der Waals surface area (Å²) in [4.78, 5) is 2.23. The fourth-order valence-electron chi connectivity index (χ4n) is 4.96. The molecule has 3 aliphatic rings. The summed E-state index contributed by atoms with van der Waals surface area (Å²) in [7, 11) is 0. The van der Waals surface area contributed by atoms with E-state index in [1.165, 1.54) is 16.7 Å². The predicted octanol–water partition coefficient (Wildman–Crippen LogP) is 4.91. The van der Waals surface area contributed by atoms with E-state index in [2.05, 4.69) is 42.2 Å². The van der Waals surface area contributed by atoms with Crippen LogP contribution >= 0.6 is 0 Å². The highest BCUT2D eigenvalue weighted by Gasteiger charge is 2.34. The van der Waals surface area contributed by atoms with Crippen LogP contribution in [0.3, 0.4) is 0 Å². The van der Waals surface area contributed by atoms with Crippen molar-refractivity contribution in [1.82, 2.24) is 4.90 Å². The molecule has 2 aromatic rings. The molecule has 0 spiro atoms. The first-order valence-corrected chi connectivity index (χ1v) is 11.3. The average Bonchev–Trinajstić information content (AvgIpc) is 3.30. The molecule has 0 aliphatic carbocycles. The highest BCUT2D eigenvalue weighted by molar-refractivity contribution is 5.75. The zero-order valence-electron chi connectivity index (χ0n) is 18.1. The molecule has 2 aromatic carbocycles. The van der Waals surface area contributed by atoms with Gasteiger partial charge in [0.05, 0.1) is 13.3 Å². The molecule has 3 aliphatic heterocycles. The van der Waals surface area contributed by atoms with Gasteiger partial charge in [-0.25, -0.2) is 0 Å². The number of hydrogen-bond donors (Lipinski definition) is 0. The molecule has 0 N–H and O–H groups in total. The van der Waals surface area contributed by atoms with Gasteiger partial charge in [0.15, 0.2) is 0 Å². The highest BCUT2D eigenvalue weighted by atomic mass is 19.1. The summed E-state index contributed by atoms with van der Waals surface area (Å²) in [6.45, 7) is 6.72. The van der Waals surface area contributed by atoms with Crippen LogP contribution in [-0.2, 0) is 4.74 Å². The third-order valence-electron chi connectivity index (χ3n) is 6.73. The van der Waals surface area contributed by atoms with Crippen LogP contribution in [0.5, 0.6) is 11.5 Å². The molecule has 4 nitrogen and oxygen atoms in total. The summed E-state index contributed by atoms with van der Waals surface area (Å²) in [5.74, 6) is 2.40. The van der Waals surface area contributed by atoms with E-state index in [1.807, 2.05) is 18.2 Å². The normalized spacial score (nSPS) is 23.9. The molecule has 0 saturated carbocycles. The average molecular weight is 424 g/mol.